The first-order valence-electron chi connectivity index (χ1n) is 9.07. The number of hydrogen-bond acceptors (Lipinski definition) is 5. The van der Waals surface area contributed by atoms with E-state index in [4.69, 9.17) is 4.42 Å². The van der Waals surface area contributed by atoms with E-state index in [0.29, 0.717) is 24.3 Å². The normalized spacial score (nSPS) is 16.8. The van der Waals surface area contributed by atoms with Crippen LogP contribution >= 0.6 is 0 Å². The molecule has 0 aliphatic carbocycles. The van der Waals surface area contributed by atoms with Crippen LogP contribution in [0, 0.1) is 0 Å². The van der Waals surface area contributed by atoms with Crippen molar-refractivity contribution in [3.05, 3.63) is 72.2 Å². The highest BCUT2D eigenvalue weighted by Crippen LogP contribution is 2.24. The highest BCUT2D eigenvalue weighted by Gasteiger charge is 2.31. The Kier molecular flexibility index (Phi) is 4.94. The van der Waals surface area contributed by atoms with Crippen molar-refractivity contribution in [3.8, 4) is 0 Å². The fourth-order valence-corrected chi connectivity index (χ4v) is 3.37. The fraction of sp³-hybridized carbons (Fsp3) is 0.250. The van der Waals surface area contributed by atoms with Crippen molar-refractivity contribution in [3.63, 3.8) is 0 Å². The number of aromatic nitrogens is 2. The maximum atomic E-state index is 13.2. The number of amides is 2. The lowest BCUT2D eigenvalue weighted by Crippen LogP contribution is -2.49. The summed E-state index contributed by atoms with van der Waals surface area (Å²) in [6.45, 7) is 1.95. The Bertz CT molecular complexity index is 979. The number of furan rings is 1. The average Bonchev–Trinajstić information content (AvgIpc) is 3.39. The van der Waals surface area contributed by atoms with Crippen LogP contribution in [0.2, 0.25) is 0 Å². The van der Waals surface area contributed by atoms with Gasteiger partial charge in [-0.05, 0) is 30.3 Å². The fourth-order valence-electron chi connectivity index (χ4n) is 3.37. The maximum Gasteiger partial charge on any atom is 0.291 e. The van der Waals surface area contributed by atoms with E-state index in [9.17, 15) is 9.59 Å². The van der Waals surface area contributed by atoms with Gasteiger partial charge >= 0.3 is 0 Å². The number of carbonyl (C=O) groups is 2. The number of carbonyl (C=O) groups excluding carboxylic acids is 2. The van der Waals surface area contributed by atoms with Gasteiger partial charge in [0.05, 0.1) is 6.26 Å². The van der Waals surface area contributed by atoms with Crippen molar-refractivity contribution in [2.24, 2.45) is 7.05 Å². The minimum absolute atomic E-state index is 0.0939. The van der Waals surface area contributed by atoms with Crippen LogP contribution in [0.4, 0.5) is 5.69 Å². The van der Waals surface area contributed by atoms with Crippen LogP contribution in [-0.2, 0) is 7.05 Å². The van der Waals surface area contributed by atoms with Gasteiger partial charge in [-0.3, -0.25) is 9.59 Å². The second kappa shape index (κ2) is 7.69. The largest absolute Gasteiger partial charge is 0.459 e. The van der Waals surface area contributed by atoms with E-state index in [0.717, 1.165) is 12.4 Å². The van der Waals surface area contributed by atoms with E-state index in [1.807, 2.05) is 22.7 Å². The second-order valence-corrected chi connectivity index (χ2v) is 6.63. The van der Waals surface area contributed by atoms with Crippen molar-refractivity contribution < 1.29 is 14.0 Å². The molecule has 8 nitrogen and oxygen atoms in total. The van der Waals surface area contributed by atoms with Gasteiger partial charge in [-0.1, -0.05) is 6.07 Å². The monoisotopic (exact) mass is 379 g/mol. The summed E-state index contributed by atoms with van der Waals surface area (Å²) in [5.41, 5.74) is 1.05. The summed E-state index contributed by atoms with van der Waals surface area (Å²) in [5.74, 6) is 0.600. The molecule has 144 valence electrons. The number of anilines is 1. The summed E-state index contributed by atoms with van der Waals surface area (Å²) in [6.07, 6.45) is 5.05. The molecule has 1 fully saturated rings. The summed E-state index contributed by atoms with van der Waals surface area (Å²) in [5, 5.41) is 6.08. The van der Waals surface area contributed by atoms with Crippen LogP contribution in [0.1, 0.15) is 32.8 Å². The molecule has 1 saturated heterocycles. The van der Waals surface area contributed by atoms with Crippen LogP contribution in [0.5, 0.6) is 0 Å². The third-order valence-electron chi connectivity index (χ3n) is 4.77. The van der Waals surface area contributed by atoms with Gasteiger partial charge in [-0.15, -0.1) is 0 Å². The third-order valence-corrected chi connectivity index (χ3v) is 4.77. The van der Waals surface area contributed by atoms with Crippen LogP contribution in [-0.4, -0.2) is 45.9 Å². The summed E-state index contributed by atoms with van der Waals surface area (Å²) >= 11 is 0. The van der Waals surface area contributed by atoms with Gasteiger partial charge < -0.3 is 24.5 Å². The van der Waals surface area contributed by atoms with Gasteiger partial charge in [-0.2, -0.15) is 0 Å². The number of imidazole rings is 1. The molecule has 0 bridgehead atoms. The minimum Gasteiger partial charge on any atom is -0.459 e. The molecule has 0 radical (unpaired) electrons. The molecule has 8 heteroatoms. The van der Waals surface area contributed by atoms with Crippen molar-refractivity contribution in [1.82, 2.24) is 19.8 Å². The Balaban J connectivity index is 1.55. The van der Waals surface area contributed by atoms with Crippen molar-refractivity contribution in [2.45, 2.75) is 6.04 Å². The summed E-state index contributed by atoms with van der Waals surface area (Å²) in [7, 11) is 1.92. The number of nitrogens with one attached hydrogen (secondary N) is 2. The van der Waals surface area contributed by atoms with Gasteiger partial charge in [-0.25, -0.2) is 4.98 Å². The Morgan fingerprint density at radius 3 is 2.93 bits per heavy atom. The van der Waals surface area contributed by atoms with E-state index in [-0.39, 0.29) is 23.6 Å². The van der Waals surface area contributed by atoms with Crippen LogP contribution < -0.4 is 10.6 Å². The zero-order valence-electron chi connectivity index (χ0n) is 15.5. The predicted molar refractivity (Wildman–Crippen MR) is 103 cm³/mol. The third kappa shape index (κ3) is 3.54. The van der Waals surface area contributed by atoms with Crippen molar-refractivity contribution in [2.75, 3.05) is 25.0 Å². The first-order chi connectivity index (χ1) is 13.6. The van der Waals surface area contributed by atoms with Crippen LogP contribution in [0.3, 0.4) is 0 Å². The number of piperazine rings is 1. The average molecular weight is 379 g/mol. The summed E-state index contributed by atoms with van der Waals surface area (Å²) in [6, 6.07) is 10.0. The zero-order chi connectivity index (χ0) is 19.5. The van der Waals surface area contributed by atoms with Crippen LogP contribution in [0.15, 0.2) is 59.5 Å². The quantitative estimate of drug-likeness (QED) is 0.724. The molecule has 0 spiro atoms. The van der Waals surface area contributed by atoms with E-state index in [2.05, 4.69) is 15.6 Å². The molecule has 1 aliphatic heterocycles. The molecule has 28 heavy (non-hydrogen) atoms. The van der Waals surface area contributed by atoms with E-state index in [1.165, 1.54) is 6.26 Å². The topological polar surface area (TPSA) is 92.4 Å². The highest BCUT2D eigenvalue weighted by atomic mass is 16.3. The predicted octanol–water partition coefficient (Wildman–Crippen LogP) is 2.05. The lowest BCUT2D eigenvalue weighted by atomic mass is 10.1. The van der Waals surface area contributed by atoms with E-state index in [1.54, 1.807) is 42.6 Å². The molecule has 3 aromatic rings. The molecule has 1 unspecified atom stereocenters. The Hall–Kier alpha value is -3.39. The molecule has 4 rings (SSSR count). The molecule has 1 atom stereocenters. The highest BCUT2D eigenvalue weighted by molar-refractivity contribution is 6.03. The smallest absolute Gasteiger partial charge is 0.291 e. The molecule has 1 aliphatic rings. The first kappa shape index (κ1) is 18.0. The molecule has 2 N–H and O–H groups in total. The molecular weight excluding hydrogens is 358 g/mol. The number of benzene rings is 1. The molecule has 0 saturated carbocycles. The van der Waals surface area contributed by atoms with Gasteiger partial charge in [0.15, 0.2) is 5.76 Å². The minimum atomic E-state index is -0.359. The van der Waals surface area contributed by atoms with Gasteiger partial charge in [0.1, 0.15) is 11.9 Å². The van der Waals surface area contributed by atoms with Gasteiger partial charge in [0.25, 0.3) is 11.8 Å². The number of rotatable bonds is 4. The molecular formula is C20H21N5O3. The SMILES string of the molecule is Cn1ccnc1C1CNCCN1C(=O)c1cccc(NC(=O)c2ccco2)c1. The Morgan fingerprint density at radius 1 is 1.29 bits per heavy atom. The number of aryl methyl sites for hydroxylation is 1. The second-order valence-electron chi connectivity index (χ2n) is 6.63. The van der Waals surface area contributed by atoms with Gasteiger partial charge in [0, 0.05) is 50.3 Å². The molecule has 3 heterocycles. The standard InChI is InChI=1S/C20H21N5O3/c1-24-9-8-22-18(24)16-13-21-7-10-25(16)20(27)14-4-2-5-15(12-14)23-19(26)17-6-3-11-28-17/h2-6,8-9,11-12,16,21H,7,10,13H2,1H3,(H,23,26). The number of hydrogen-bond donors (Lipinski definition) is 2. The first-order valence-corrected chi connectivity index (χ1v) is 9.07. The Morgan fingerprint density at radius 2 is 2.18 bits per heavy atom. The number of nitrogens with zero attached hydrogens (tertiary/aromatic N) is 3. The molecule has 1 aromatic carbocycles. The van der Waals surface area contributed by atoms with Crippen molar-refractivity contribution >= 4 is 17.5 Å². The lowest BCUT2D eigenvalue weighted by Gasteiger charge is -2.35. The van der Waals surface area contributed by atoms with Crippen molar-refractivity contribution in [1.29, 1.82) is 0 Å². The zero-order valence-corrected chi connectivity index (χ0v) is 15.5. The summed E-state index contributed by atoms with van der Waals surface area (Å²) in [4.78, 5) is 31.6. The Labute approximate surface area is 162 Å². The summed E-state index contributed by atoms with van der Waals surface area (Å²) < 4.78 is 7.03. The lowest BCUT2D eigenvalue weighted by molar-refractivity contribution is 0.0620. The molecule has 2 aromatic heterocycles. The van der Waals surface area contributed by atoms with Gasteiger partial charge in [0.2, 0.25) is 0 Å². The maximum absolute atomic E-state index is 13.2. The van der Waals surface area contributed by atoms with Crippen LogP contribution in [0.25, 0.3) is 0 Å². The van der Waals surface area contributed by atoms with E-state index >= 15 is 0 Å². The molecule has 2 amide bonds. The van der Waals surface area contributed by atoms with E-state index < -0.39 is 0 Å².